The number of methoxy groups -OCH3 is 1. The summed E-state index contributed by atoms with van der Waals surface area (Å²) >= 11 is 6.08. The fraction of sp³-hybridized carbons (Fsp3) is 0.286. The van der Waals surface area contributed by atoms with Crippen LogP contribution in [-0.4, -0.2) is 34.9 Å². The molecule has 0 N–H and O–H groups in total. The van der Waals surface area contributed by atoms with Crippen LogP contribution in [-0.2, 0) is 23.1 Å². The van der Waals surface area contributed by atoms with Crippen molar-refractivity contribution in [2.75, 3.05) is 7.11 Å². The van der Waals surface area contributed by atoms with Gasteiger partial charge in [-0.3, -0.25) is 0 Å². The molecule has 1 aliphatic heterocycles. The summed E-state index contributed by atoms with van der Waals surface area (Å²) in [5.74, 6) is 0.690. The van der Waals surface area contributed by atoms with Crippen LogP contribution in [0.25, 0.3) is 16.9 Å². The summed E-state index contributed by atoms with van der Waals surface area (Å²) in [6, 6.07) is 15.1. The van der Waals surface area contributed by atoms with Gasteiger partial charge in [0.15, 0.2) is 0 Å². The van der Waals surface area contributed by atoms with Gasteiger partial charge >= 0.3 is 0 Å². The molecule has 1 aromatic heterocycles. The van der Waals surface area contributed by atoms with Gasteiger partial charge in [-0.1, -0.05) is 35.9 Å². The molecule has 1 aliphatic rings. The molecule has 3 aromatic rings. The summed E-state index contributed by atoms with van der Waals surface area (Å²) in [5.41, 5.74) is 4.22. The molecule has 0 saturated heterocycles. The number of rotatable bonds is 5. The lowest BCUT2D eigenvalue weighted by Gasteiger charge is -2.19. The molecule has 0 fully saturated rings. The molecular formula is C21H22ClN3O3S. The fourth-order valence-corrected chi connectivity index (χ4v) is 4.88. The molecule has 0 unspecified atom stereocenters. The number of aromatic nitrogens is 2. The topological polar surface area (TPSA) is 64.4 Å². The van der Waals surface area contributed by atoms with Gasteiger partial charge in [-0.2, -0.15) is 9.40 Å². The molecule has 152 valence electrons. The first kappa shape index (κ1) is 19.9. The number of hydrogen-bond acceptors (Lipinski definition) is 4. The van der Waals surface area contributed by atoms with Crippen LogP contribution in [0.15, 0.2) is 48.5 Å². The predicted molar refractivity (Wildman–Crippen MR) is 114 cm³/mol. The zero-order chi connectivity index (χ0) is 20.8. The molecule has 2 aromatic carbocycles. The second kappa shape index (κ2) is 7.48. The van der Waals surface area contributed by atoms with Gasteiger partial charge in [0.25, 0.3) is 0 Å². The third kappa shape index (κ3) is 3.43. The van der Waals surface area contributed by atoms with Crippen molar-refractivity contribution >= 4 is 21.6 Å². The number of ether oxygens (including phenoxy) is 1. The van der Waals surface area contributed by atoms with Crippen LogP contribution in [0.5, 0.6) is 5.75 Å². The van der Waals surface area contributed by atoms with E-state index in [0.29, 0.717) is 17.3 Å². The number of para-hydroxylation sites is 2. The quantitative estimate of drug-likeness (QED) is 0.605. The van der Waals surface area contributed by atoms with E-state index in [-0.39, 0.29) is 6.54 Å². The van der Waals surface area contributed by atoms with Gasteiger partial charge in [0, 0.05) is 22.7 Å². The van der Waals surface area contributed by atoms with Crippen LogP contribution >= 0.6 is 11.6 Å². The zero-order valence-electron chi connectivity index (χ0n) is 16.5. The molecule has 0 amide bonds. The van der Waals surface area contributed by atoms with Crippen LogP contribution < -0.4 is 4.74 Å². The van der Waals surface area contributed by atoms with Gasteiger partial charge in [-0.05, 0) is 38.1 Å². The average Bonchev–Trinajstić information content (AvgIpc) is 3.27. The molecule has 0 spiro atoms. The van der Waals surface area contributed by atoms with E-state index >= 15 is 0 Å². The summed E-state index contributed by atoms with van der Waals surface area (Å²) < 4.78 is 34.3. The first-order valence-electron chi connectivity index (χ1n) is 9.32. The molecule has 0 radical (unpaired) electrons. The normalized spacial score (nSPS) is 14.4. The first-order chi connectivity index (χ1) is 13.8. The summed E-state index contributed by atoms with van der Waals surface area (Å²) in [5, 5.41) is 4.95. The maximum Gasteiger partial charge on any atom is 0.217 e. The maximum absolute atomic E-state index is 12.7. The minimum atomic E-state index is -3.37. The van der Waals surface area contributed by atoms with E-state index in [1.54, 1.807) is 21.0 Å². The van der Waals surface area contributed by atoms with Gasteiger partial charge in [0.2, 0.25) is 10.0 Å². The summed E-state index contributed by atoms with van der Waals surface area (Å²) in [7, 11) is -1.75. The van der Waals surface area contributed by atoms with Crippen LogP contribution in [0.4, 0.5) is 0 Å². The maximum atomic E-state index is 12.7. The Morgan fingerprint density at radius 3 is 2.41 bits per heavy atom. The average molecular weight is 432 g/mol. The number of benzene rings is 2. The van der Waals surface area contributed by atoms with Crippen LogP contribution in [0, 0.1) is 0 Å². The Bertz CT molecular complexity index is 1150. The van der Waals surface area contributed by atoms with Crippen LogP contribution in [0.1, 0.15) is 25.1 Å². The molecule has 4 rings (SSSR count). The van der Waals surface area contributed by atoms with Gasteiger partial charge in [-0.15, -0.1) is 0 Å². The van der Waals surface area contributed by atoms with Crippen LogP contribution in [0.3, 0.4) is 0 Å². The highest BCUT2D eigenvalue weighted by atomic mass is 35.5. The smallest absolute Gasteiger partial charge is 0.217 e. The summed E-state index contributed by atoms with van der Waals surface area (Å²) in [6.45, 7) is 3.95. The van der Waals surface area contributed by atoms with Crippen molar-refractivity contribution in [2.45, 2.75) is 32.2 Å². The lowest BCUT2D eigenvalue weighted by molar-refractivity contribution is 0.409. The van der Waals surface area contributed by atoms with Crippen molar-refractivity contribution in [3.8, 4) is 22.7 Å². The lowest BCUT2D eigenvalue weighted by Crippen LogP contribution is -2.32. The standard InChI is InChI=1S/C21H22ClN3O3S/c1-14(2)29(26,27)24-12-17-18(13-24)23-25(19-6-4-5-7-20(19)28-3)21(17)15-8-10-16(22)11-9-15/h4-11,14H,12-13H2,1-3H3. The highest BCUT2D eigenvalue weighted by molar-refractivity contribution is 7.89. The highest BCUT2D eigenvalue weighted by Gasteiger charge is 2.36. The van der Waals surface area contributed by atoms with Gasteiger partial charge in [0.1, 0.15) is 11.4 Å². The van der Waals surface area contributed by atoms with Gasteiger partial charge < -0.3 is 4.74 Å². The van der Waals surface area contributed by atoms with E-state index in [1.807, 2.05) is 53.2 Å². The molecule has 2 heterocycles. The first-order valence-corrected chi connectivity index (χ1v) is 11.2. The summed E-state index contributed by atoms with van der Waals surface area (Å²) in [6.07, 6.45) is 0. The molecule has 29 heavy (non-hydrogen) atoms. The predicted octanol–water partition coefficient (Wildman–Crippen LogP) is 4.26. The van der Waals surface area contributed by atoms with E-state index in [1.165, 1.54) is 4.31 Å². The lowest BCUT2D eigenvalue weighted by atomic mass is 10.1. The van der Waals surface area contributed by atoms with Crippen molar-refractivity contribution in [3.05, 3.63) is 64.8 Å². The van der Waals surface area contributed by atoms with E-state index in [0.717, 1.165) is 28.2 Å². The second-order valence-corrected chi connectivity index (χ2v) is 10.2. The number of hydrogen-bond donors (Lipinski definition) is 0. The molecule has 0 atom stereocenters. The molecule has 0 saturated carbocycles. The Hall–Kier alpha value is -2.35. The number of fused-ring (bicyclic) bond motifs is 1. The Morgan fingerprint density at radius 1 is 1.07 bits per heavy atom. The Labute approximate surface area is 175 Å². The highest BCUT2D eigenvalue weighted by Crippen LogP contribution is 2.38. The van der Waals surface area contributed by atoms with Crippen molar-refractivity contribution in [1.82, 2.24) is 14.1 Å². The van der Waals surface area contributed by atoms with E-state index in [9.17, 15) is 8.42 Å². The minimum absolute atomic E-state index is 0.262. The van der Waals surface area contributed by atoms with E-state index in [4.69, 9.17) is 21.4 Å². The SMILES string of the molecule is COc1ccccc1-n1nc2c(c1-c1ccc(Cl)cc1)CN(S(=O)(=O)C(C)C)C2. The van der Waals surface area contributed by atoms with Crippen molar-refractivity contribution < 1.29 is 13.2 Å². The Morgan fingerprint density at radius 2 is 1.76 bits per heavy atom. The van der Waals surface area contributed by atoms with Gasteiger partial charge in [-0.25, -0.2) is 13.1 Å². The van der Waals surface area contributed by atoms with Gasteiger partial charge in [0.05, 0.1) is 30.3 Å². The Kier molecular flexibility index (Phi) is 5.14. The summed E-state index contributed by atoms with van der Waals surface area (Å²) in [4.78, 5) is 0. The second-order valence-electron chi connectivity index (χ2n) is 7.23. The Balaban J connectivity index is 1.89. The molecular weight excluding hydrogens is 410 g/mol. The number of halogens is 1. The molecule has 0 bridgehead atoms. The van der Waals surface area contributed by atoms with Crippen molar-refractivity contribution in [3.63, 3.8) is 0 Å². The number of nitrogens with zero attached hydrogens (tertiary/aromatic N) is 3. The molecule has 0 aliphatic carbocycles. The third-order valence-electron chi connectivity index (χ3n) is 5.11. The largest absolute Gasteiger partial charge is 0.494 e. The van der Waals surface area contributed by atoms with Crippen LogP contribution in [0.2, 0.25) is 5.02 Å². The minimum Gasteiger partial charge on any atom is -0.494 e. The zero-order valence-corrected chi connectivity index (χ0v) is 18.0. The van der Waals surface area contributed by atoms with E-state index in [2.05, 4.69) is 0 Å². The van der Waals surface area contributed by atoms with Crippen molar-refractivity contribution in [1.29, 1.82) is 0 Å². The monoisotopic (exact) mass is 431 g/mol. The fourth-order valence-electron chi connectivity index (χ4n) is 3.55. The number of sulfonamides is 1. The van der Waals surface area contributed by atoms with E-state index < -0.39 is 15.3 Å². The van der Waals surface area contributed by atoms with Crippen molar-refractivity contribution in [2.24, 2.45) is 0 Å². The third-order valence-corrected chi connectivity index (χ3v) is 7.54. The molecule has 6 nitrogen and oxygen atoms in total. The molecule has 8 heteroatoms.